The second-order valence-electron chi connectivity index (χ2n) is 10.8. The lowest BCUT2D eigenvalue weighted by Gasteiger charge is -2.20. The summed E-state index contributed by atoms with van der Waals surface area (Å²) in [6, 6.07) is 0.200. The predicted molar refractivity (Wildman–Crippen MR) is 177 cm³/mol. The van der Waals surface area contributed by atoms with E-state index in [0.717, 1.165) is 25.7 Å². The molecule has 0 spiro atoms. The largest absolute Gasteiger partial charge is 0.397 e. The topological polar surface area (TPSA) is 150 Å². The van der Waals surface area contributed by atoms with Crippen LogP contribution in [0, 0.1) is 11.8 Å². The Balaban J connectivity index is 1.78. The molecule has 42 heavy (non-hydrogen) atoms. The summed E-state index contributed by atoms with van der Waals surface area (Å²) < 4.78 is 38.5. The number of unbranched alkanes of at least 4 members (excludes halogenated alkanes) is 3. The van der Waals surface area contributed by atoms with Crippen molar-refractivity contribution in [2.45, 2.75) is 77.8 Å². The first kappa shape index (κ1) is 37.6. The first-order valence-corrected chi connectivity index (χ1v) is 19.6. The maximum Gasteiger partial charge on any atom is 0.343 e. The van der Waals surface area contributed by atoms with E-state index in [2.05, 4.69) is 41.2 Å². The number of hydrogen-bond donors (Lipinski definition) is 4. The van der Waals surface area contributed by atoms with Crippen molar-refractivity contribution in [3.05, 3.63) is 0 Å². The SMILES string of the molecule is CC(C)C[C@@H]1N=C(NN=C(CCl)CCl)O[P@@]1(=O)NCCCCCCN[P@]1(=O)OC(NN=C(CCl)CCl)=N[C@H]1CC(C)C. The molecule has 0 aromatic rings. The third-order valence-corrected chi connectivity index (χ3v) is 11.8. The molecule has 18 heteroatoms. The highest BCUT2D eigenvalue weighted by Crippen LogP contribution is 2.55. The minimum absolute atomic E-state index is 0.0998. The van der Waals surface area contributed by atoms with Crippen LogP contribution in [0.15, 0.2) is 20.2 Å². The average molecular weight is 712 g/mol. The minimum Gasteiger partial charge on any atom is -0.397 e. The Morgan fingerprint density at radius 3 is 1.38 bits per heavy atom. The summed E-state index contributed by atoms with van der Waals surface area (Å²) in [6.07, 6.45) is 4.55. The molecular formula is C24H44Cl4N8O4P2. The lowest BCUT2D eigenvalue weighted by atomic mass is 10.1. The summed E-state index contributed by atoms with van der Waals surface area (Å²) in [7, 11) is -6.51. The van der Waals surface area contributed by atoms with Gasteiger partial charge in [-0.3, -0.25) is 9.13 Å². The van der Waals surface area contributed by atoms with Crippen molar-refractivity contribution in [1.29, 1.82) is 0 Å². The maximum absolute atomic E-state index is 13.6. The van der Waals surface area contributed by atoms with Gasteiger partial charge in [0.05, 0.1) is 34.9 Å². The first-order chi connectivity index (χ1) is 20.0. The van der Waals surface area contributed by atoms with Gasteiger partial charge in [-0.05, 0) is 37.5 Å². The van der Waals surface area contributed by atoms with Gasteiger partial charge in [-0.25, -0.2) is 31.0 Å². The van der Waals surface area contributed by atoms with Crippen molar-refractivity contribution in [1.82, 2.24) is 21.0 Å². The zero-order valence-corrected chi connectivity index (χ0v) is 29.4. The molecule has 4 N–H and O–H groups in total. The molecule has 0 bridgehead atoms. The van der Waals surface area contributed by atoms with Crippen LogP contribution in [0.5, 0.6) is 0 Å². The molecule has 0 unspecified atom stereocenters. The van der Waals surface area contributed by atoms with Gasteiger partial charge < -0.3 is 9.05 Å². The Morgan fingerprint density at radius 2 is 1.07 bits per heavy atom. The van der Waals surface area contributed by atoms with Crippen LogP contribution in [0.1, 0.15) is 66.2 Å². The number of amidine groups is 2. The Bertz CT molecular complexity index is 983. The molecule has 2 heterocycles. The van der Waals surface area contributed by atoms with E-state index in [-0.39, 0.29) is 47.4 Å². The van der Waals surface area contributed by atoms with E-state index >= 15 is 0 Å². The Hall–Kier alpha value is -0.580. The molecule has 0 saturated carbocycles. The average Bonchev–Trinajstić information content (AvgIpc) is 3.41. The van der Waals surface area contributed by atoms with Gasteiger partial charge in [0, 0.05) is 13.1 Å². The van der Waals surface area contributed by atoms with Gasteiger partial charge in [0.1, 0.15) is 0 Å². The zero-order chi connectivity index (χ0) is 31.2. The van der Waals surface area contributed by atoms with Crippen LogP contribution in [0.25, 0.3) is 0 Å². The smallest absolute Gasteiger partial charge is 0.343 e. The highest BCUT2D eigenvalue weighted by Gasteiger charge is 2.43. The quantitative estimate of drug-likeness (QED) is 0.0391. The van der Waals surface area contributed by atoms with Crippen LogP contribution in [0.2, 0.25) is 0 Å². The van der Waals surface area contributed by atoms with Crippen molar-refractivity contribution >= 4 is 84.9 Å². The number of aliphatic imine (C=N–C) groups is 2. The number of hydrogen-bond acceptors (Lipinski definition) is 10. The van der Waals surface area contributed by atoms with Crippen molar-refractivity contribution in [3.63, 3.8) is 0 Å². The van der Waals surface area contributed by atoms with E-state index < -0.39 is 26.6 Å². The van der Waals surface area contributed by atoms with Gasteiger partial charge in [-0.1, -0.05) is 40.5 Å². The Kier molecular flexibility index (Phi) is 17.1. The van der Waals surface area contributed by atoms with E-state index in [9.17, 15) is 9.13 Å². The number of halogens is 4. The molecule has 0 aromatic carbocycles. The Labute approximate surface area is 269 Å². The van der Waals surface area contributed by atoms with E-state index in [4.69, 9.17) is 55.5 Å². The molecular weight excluding hydrogens is 668 g/mol. The highest BCUT2D eigenvalue weighted by molar-refractivity contribution is 7.58. The van der Waals surface area contributed by atoms with Gasteiger partial charge in [-0.2, -0.15) is 10.2 Å². The number of alkyl halides is 4. The van der Waals surface area contributed by atoms with Gasteiger partial charge in [0.15, 0.2) is 11.6 Å². The first-order valence-electron chi connectivity index (χ1n) is 14.1. The van der Waals surface area contributed by atoms with E-state index in [0.29, 0.717) is 37.4 Å². The maximum atomic E-state index is 13.6. The highest BCUT2D eigenvalue weighted by atomic mass is 35.5. The van der Waals surface area contributed by atoms with E-state index in [1.807, 2.05) is 27.7 Å². The third kappa shape index (κ3) is 12.4. The van der Waals surface area contributed by atoms with Gasteiger partial charge in [-0.15, -0.1) is 46.4 Å². The normalized spacial score (nSPS) is 25.1. The fourth-order valence-corrected chi connectivity index (χ4v) is 9.11. The minimum atomic E-state index is -3.25. The van der Waals surface area contributed by atoms with Crippen molar-refractivity contribution < 1.29 is 18.2 Å². The van der Waals surface area contributed by atoms with Crippen LogP contribution >= 0.6 is 61.4 Å². The van der Waals surface area contributed by atoms with Gasteiger partial charge in [0.25, 0.3) is 0 Å². The van der Waals surface area contributed by atoms with E-state index in [1.54, 1.807) is 0 Å². The van der Waals surface area contributed by atoms with Crippen LogP contribution < -0.4 is 21.0 Å². The molecule has 12 nitrogen and oxygen atoms in total. The molecule has 242 valence electrons. The van der Waals surface area contributed by atoms with Crippen LogP contribution in [-0.4, -0.2) is 71.6 Å². The molecule has 0 amide bonds. The molecule has 2 aliphatic heterocycles. The van der Waals surface area contributed by atoms with Crippen LogP contribution in [0.3, 0.4) is 0 Å². The Morgan fingerprint density at radius 1 is 0.714 bits per heavy atom. The number of nitrogens with zero attached hydrogens (tertiary/aromatic N) is 4. The summed E-state index contributed by atoms with van der Waals surface area (Å²) in [4.78, 5) is 8.90. The predicted octanol–water partition coefficient (Wildman–Crippen LogP) is 6.48. The van der Waals surface area contributed by atoms with Gasteiger partial charge >= 0.3 is 27.1 Å². The molecule has 0 radical (unpaired) electrons. The summed E-state index contributed by atoms with van der Waals surface area (Å²) in [5.41, 5.74) is 6.43. The number of rotatable bonds is 19. The second kappa shape index (κ2) is 19.1. The summed E-state index contributed by atoms with van der Waals surface area (Å²) in [5, 5.41) is 14.4. The summed E-state index contributed by atoms with van der Waals surface area (Å²) >= 11 is 23.2. The summed E-state index contributed by atoms with van der Waals surface area (Å²) in [5.74, 6) is 0.230. The molecule has 0 aromatic heterocycles. The fourth-order valence-electron chi connectivity index (χ4n) is 3.97. The van der Waals surface area contributed by atoms with Crippen LogP contribution in [0.4, 0.5) is 0 Å². The standard InChI is InChI=1S/C24H44Cl4N8O4P2/c1-17(2)11-21-31-23(35-33-19(13-25)14-26)39-41(21,37)29-9-7-5-6-8-10-30-42(38)22(12-18(3)4)32-24(40-42)36-34-20(15-27)16-28/h17-18,21-22H,5-16H2,1-4H3,(H,29,37)(H,30,38)(H,31,35)(H,32,36)/t21-,22-,41-,42-/m1/s1. The monoisotopic (exact) mass is 710 g/mol. The number of hydrazone groups is 2. The van der Waals surface area contributed by atoms with Crippen molar-refractivity contribution in [2.24, 2.45) is 32.0 Å². The molecule has 0 fully saturated rings. The molecule has 2 rings (SSSR count). The molecule has 0 aliphatic carbocycles. The lowest BCUT2D eigenvalue weighted by molar-refractivity contribution is 0.442. The lowest BCUT2D eigenvalue weighted by Crippen LogP contribution is -2.23. The van der Waals surface area contributed by atoms with Crippen molar-refractivity contribution in [3.8, 4) is 0 Å². The van der Waals surface area contributed by atoms with Gasteiger partial charge in [0.2, 0.25) is 0 Å². The van der Waals surface area contributed by atoms with Crippen molar-refractivity contribution in [2.75, 3.05) is 36.6 Å². The third-order valence-electron chi connectivity index (χ3n) is 6.13. The number of nitrogens with one attached hydrogen (secondary N) is 4. The van der Waals surface area contributed by atoms with Crippen LogP contribution in [-0.2, 0) is 18.2 Å². The second-order valence-corrected chi connectivity index (χ2v) is 16.5. The summed E-state index contributed by atoms with van der Waals surface area (Å²) in [6.45, 7) is 9.19. The fraction of sp³-hybridized carbons (Fsp3) is 0.833. The molecule has 4 atom stereocenters. The van der Waals surface area contributed by atoms with E-state index in [1.165, 1.54) is 0 Å². The zero-order valence-electron chi connectivity index (χ0n) is 24.6. The molecule has 0 saturated heterocycles. The molecule has 2 aliphatic rings.